The number of aromatic hydroxyl groups is 1. The van der Waals surface area contributed by atoms with Gasteiger partial charge in [-0.2, -0.15) is 0 Å². The lowest BCUT2D eigenvalue weighted by atomic mass is 9.98. The normalized spacial score (nSPS) is 18.9. The van der Waals surface area contributed by atoms with Gasteiger partial charge >= 0.3 is 6.03 Å². The molecule has 0 bridgehead atoms. The number of carbonyl (C=O) groups excluding carboxylic acids is 3. The summed E-state index contributed by atoms with van der Waals surface area (Å²) < 4.78 is 15.3. The molecule has 4 amide bonds. The van der Waals surface area contributed by atoms with Crippen LogP contribution in [0, 0.1) is 5.82 Å². The maximum absolute atomic E-state index is 14.3. The molecule has 2 fully saturated rings. The van der Waals surface area contributed by atoms with Crippen molar-refractivity contribution in [3.63, 3.8) is 0 Å². The highest BCUT2D eigenvalue weighted by Crippen LogP contribution is 2.31. The van der Waals surface area contributed by atoms with Crippen LogP contribution in [0.2, 0.25) is 0 Å². The number of nitrogens with one attached hydrogen (secondary N) is 1. The topological polar surface area (TPSA) is 109 Å². The number of carbonyl (C=O) groups is 3. The maximum atomic E-state index is 14.3. The summed E-state index contributed by atoms with van der Waals surface area (Å²) in [6.45, 7) is 4.43. The molecule has 0 spiro atoms. The molecule has 6 rings (SSSR count). The minimum Gasteiger partial charge on any atom is -0.505 e. The zero-order chi connectivity index (χ0) is 30.8. The summed E-state index contributed by atoms with van der Waals surface area (Å²) >= 11 is 1.50. The number of para-hydroxylation sites is 1. The Morgan fingerprint density at radius 2 is 1.93 bits per heavy atom. The number of hydrazine groups is 1. The number of fused-ring (bicyclic) bond motifs is 2. The molecule has 12 heteroatoms. The third kappa shape index (κ3) is 5.73. The van der Waals surface area contributed by atoms with Gasteiger partial charge in [0, 0.05) is 26.1 Å². The number of aromatic nitrogens is 1. The van der Waals surface area contributed by atoms with Crippen LogP contribution in [0.25, 0.3) is 10.2 Å². The average molecular weight is 615 g/mol. The van der Waals surface area contributed by atoms with Crippen molar-refractivity contribution >= 4 is 39.4 Å². The molecule has 0 aliphatic carbocycles. The maximum Gasteiger partial charge on any atom is 0.334 e. The number of piperazine rings is 1. The minimum atomic E-state index is -1.02. The van der Waals surface area contributed by atoms with Crippen LogP contribution in [0.1, 0.15) is 16.7 Å². The molecule has 3 heterocycles. The van der Waals surface area contributed by atoms with Crippen molar-refractivity contribution in [3.05, 3.63) is 107 Å². The summed E-state index contributed by atoms with van der Waals surface area (Å²) in [5.41, 5.74) is 4.72. The van der Waals surface area contributed by atoms with Gasteiger partial charge in [-0.25, -0.2) is 24.2 Å². The van der Waals surface area contributed by atoms with Gasteiger partial charge in [0.25, 0.3) is 0 Å². The monoisotopic (exact) mass is 614 g/mol. The fourth-order valence-electron chi connectivity index (χ4n) is 5.88. The van der Waals surface area contributed by atoms with Crippen molar-refractivity contribution in [2.75, 3.05) is 19.6 Å². The van der Waals surface area contributed by atoms with E-state index in [1.165, 1.54) is 33.4 Å². The van der Waals surface area contributed by atoms with Crippen LogP contribution in [0.15, 0.2) is 84.9 Å². The van der Waals surface area contributed by atoms with E-state index in [0.717, 1.165) is 27.4 Å². The second kappa shape index (κ2) is 12.4. The summed E-state index contributed by atoms with van der Waals surface area (Å²) in [6.07, 6.45) is 0.772. The van der Waals surface area contributed by atoms with Gasteiger partial charge < -0.3 is 20.2 Å². The second-order valence-electron chi connectivity index (χ2n) is 10.7. The van der Waals surface area contributed by atoms with Crippen molar-refractivity contribution < 1.29 is 23.9 Å². The van der Waals surface area contributed by atoms with Crippen molar-refractivity contribution in [1.82, 2.24) is 30.1 Å². The third-order valence-electron chi connectivity index (χ3n) is 7.91. The zero-order valence-electron chi connectivity index (χ0n) is 23.8. The van der Waals surface area contributed by atoms with Gasteiger partial charge in [-0.05, 0) is 34.9 Å². The first-order valence-electron chi connectivity index (χ1n) is 14.2. The Morgan fingerprint density at radius 1 is 1.11 bits per heavy atom. The van der Waals surface area contributed by atoms with E-state index in [4.69, 9.17) is 0 Å². The third-order valence-corrected chi connectivity index (χ3v) is 8.71. The fourth-order valence-corrected chi connectivity index (χ4v) is 6.60. The van der Waals surface area contributed by atoms with E-state index in [2.05, 4.69) is 16.9 Å². The van der Waals surface area contributed by atoms with Gasteiger partial charge in [-0.15, -0.1) is 17.9 Å². The molecular formula is C32H31FN6O4S. The fraction of sp³-hybridized carbons (Fsp3) is 0.250. The molecule has 0 saturated carbocycles. The molecular weight excluding hydrogens is 583 g/mol. The van der Waals surface area contributed by atoms with Crippen molar-refractivity contribution in [2.45, 2.75) is 31.7 Å². The Balaban J connectivity index is 1.37. The van der Waals surface area contributed by atoms with Crippen LogP contribution in [0.3, 0.4) is 0 Å². The number of benzene rings is 3. The van der Waals surface area contributed by atoms with Gasteiger partial charge in [0.2, 0.25) is 11.8 Å². The number of nitrogens with zero attached hydrogens (tertiary/aromatic N) is 5. The number of amides is 4. The lowest BCUT2D eigenvalue weighted by Crippen LogP contribution is -2.76. The van der Waals surface area contributed by atoms with Gasteiger partial charge in [-0.1, -0.05) is 54.6 Å². The highest BCUT2D eigenvalue weighted by Gasteiger charge is 2.51. The van der Waals surface area contributed by atoms with E-state index in [0.29, 0.717) is 5.56 Å². The molecule has 3 aromatic carbocycles. The summed E-state index contributed by atoms with van der Waals surface area (Å²) in [5, 5.41) is 15.8. The Hall–Kier alpha value is -4.81. The number of rotatable bonds is 8. The van der Waals surface area contributed by atoms with Crippen LogP contribution in [0.4, 0.5) is 9.18 Å². The predicted octanol–water partition coefficient (Wildman–Crippen LogP) is 3.88. The number of hydrogen-bond acceptors (Lipinski definition) is 7. The molecule has 2 N–H and O–H groups in total. The first-order valence-corrected chi connectivity index (χ1v) is 15.1. The molecule has 2 aliphatic heterocycles. The van der Waals surface area contributed by atoms with Crippen LogP contribution in [-0.2, 0) is 29.1 Å². The Labute approximate surface area is 257 Å². The minimum absolute atomic E-state index is 0.00337. The smallest absolute Gasteiger partial charge is 0.334 e. The highest BCUT2D eigenvalue weighted by molar-refractivity contribution is 7.16. The number of phenols is 1. The quantitative estimate of drug-likeness (QED) is 0.292. The lowest BCUT2D eigenvalue weighted by Gasteiger charge is -2.55. The standard InChI is InChI=1S/C32H31FN6O4S/c1-2-13-37-19-29(41)38-25(15-22-11-12-26(40)24(33)14-22)31(42)36(17-23-9-6-10-27-30(23)35-20-44-27)18-28(38)39(37)32(43)34-16-21-7-4-3-5-8-21/h2-12,14,20,25,28,40H,1,13,15-19H2,(H,34,43)/t25-,28-/m0/s1. The molecule has 226 valence electrons. The summed E-state index contributed by atoms with van der Waals surface area (Å²) in [4.78, 5) is 49.4. The largest absolute Gasteiger partial charge is 0.505 e. The number of urea groups is 1. The Bertz CT molecular complexity index is 1720. The van der Waals surface area contributed by atoms with E-state index in [-0.39, 0.29) is 51.0 Å². The molecule has 0 unspecified atom stereocenters. The summed E-state index contributed by atoms with van der Waals surface area (Å²) in [6, 6.07) is 17.7. The van der Waals surface area contributed by atoms with Crippen molar-refractivity contribution in [2.24, 2.45) is 0 Å². The first-order chi connectivity index (χ1) is 21.3. The van der Waals surface area contributed by atoms with E-state index >= 15 is 0 Å². The van der Waals surface area contributed by atoms with E-state index < -0.39 is 29.8 Å². The molecule has 0 radical (unpaired) electrons. The molecule has 2 saturated heterocycles. The van der Waals surface area contributed by atoms with Crippen LogP contribution >= 0.6 is 11.3 Å². The number of phenolic OH excluding ortho intramolecular Hbond substituents is 1. The Kier molecular flexibility index (Phi) is 8.27. The van der Waals surface area contributed by atoms with Gasteiger partial charge in [-0.3, -0.25) is 9.59 Å². The van der Waals surface area contributed by atoms with Gasteiger partial charge in [0.1, 0.15) is 12.2 Å². The molecule has 10 nitrogen and oxygen atoms in total. The van der Waals surface area contributed by atoms with Crippen molar-refractivity contribution in [3.8, 4) is 5.75 Å². The molecule has 2 aliphatic rings. The SMILES string of the molecule is C=CCN1CC(=O)N2[C@@H](Cc3ccc(O)c(F)c3)C(=O)N(Cc3cccc4scnc34)C[C@@H]2N1C(=O)NCc1ccccc1. The second-order valence-corrected chi connectivity index (χ2v) is 11.6. The highest BCUT2D eigenvalue weighted by atomic mass is 32.1. The average Bonchev–Trinajstić information content (AvgIpc) is 3.51. The molecule has 1 aromatic heterocycles. The Morgan fingerprint density at radius 3 is 2.70 bits per heavy atom. The van der Waals surface area contributed by atoms with E-state index in [9.17, 15) is 23.9 Å². The summed E-state index contributed by atoms with van der Waals surface area (Å²) in [5.74, 6) is -1.98. The number of halogens is 1. The summed E-state index contributed by atoms with van der Waals surface area (Å²) in [7, 11) is 0. The van der Waals surface area contributed by atoms with Crippen LogP contribution in [-0.4, -0.2) is 79.6 Å². The molecule has 44 heavy (non-hydrogen) atoms. The van der Waals surface area contributed by atoms with E-state index in [1.807, 2.05) is 48.5 Å². The predicted molar refractivity (Wildman–Crippen MR) is 164 cm³/mol. The van der Waals surface area contributed by atoms with Crippen LogP contribution < -0.4 is 5.32 Å². The van der Waals surface area contributed by atoms with E-state index in [1.54, 1.807) is 21.5 Å². The van der Waals surface area contributed by atoms with Crippen LogP contribution in [0.5, 0.6) is 5.75 Å². The zero-order valence-corrected chi connectivity index (χ0v) is 24.6. The van der Waals surface area contributed by atoms with Gasteiger partial charge in [0.15, 0.2) is 11.6 Å². The molecule has 4 aromatic rings. The van der Waals surface area contributed by atoms with Gasteiger partial charge in [0.05, 0.1) is 28.8 Å². The first kappa shape index (κ1) is 29.3. The molecule has 2 atom stereocenters. The van der Waals surface area contributed by atoms with Crippen molar-refractivity contribution in [1.29, 1.82) is 0 Å². The number of thiazole rings is 1. The number of hydrogen-bond donors (Lipinski definition) is 2. The lowest BCUT2D eigenvalue weighted by molar-refractivity contribution is -0.189.